The van der Waals surface area contributed by atoms with Crippen LogP contribution in [0.1, 0.15) is 34.8 Å². The Morgan fingerprint density at radius 2 is 1.74 bits per heavy atom. The number of hydrogen-bond acceptors (Lipinski definition) is 5. The number of carboxylic acid groups (broad SMARTS) is 1. The fourth-order valence-corrected chi connectivity index (χ4v) is 5.49. The molecule has 0 bridgehead atoms. The summed E-state index contributed by atoms with van der Waals surface area (Å²) in [5.74, 6) is -2.33. The molecule has 0 spiro atoms. The van der Waals surface area contributed by atoms with E-state index in [-0.39, 0.29) is 23.4 Å². The van der Waals surface area contributed by atoms with Crippen molar-refractivity contribution in [3.63, 3.8) is 0 Å². The molecule has 158 valence electrons. The highest BCUT2D eigenvalue weighted by molar-refractivity contribution is 7.84. The molecule has 2 aromatic rings. The first-order valence-electron chi connectivity index (χ1n) is 9.85. The molecule has 2 heterocycles. The van der Waals surface area contributed by atoms with E-state index in [2.05, 4.69) is 0 Å². The molecule has 31 heavy (non-hydrogen) atoms. The maximum absolute atomic E-state index is 12.8. The minimum atomic E-state index is -1.21. The van der Waals surface area contributed by atoms with E-state index in [9.17, 15) is 28.8 Å². The second-order valence-corrected chi connectivity index (χ2v) is 9.51. The number of aliphatic hydroxyl groups excluding tert-OH is 1. The van der Waals surface area contributed by atoms with Gasteiger partial charge < -0.3 is 15.1 Å². The molecule has 2 aliphatic heterocycles. The molecule has 1 amide bonds. The van der Waals surface area contributed by atoms with Gasteiger partial charge in [0.1, 0.15) is 5.70 Å². The van der Waals surface area contributed by atoms with Crippen LogP contribution in [-0.4, -0.2) is 55.4 Å². The standard InChI is InChI=1S/C23H19NO6S/c1-10(25)19-18-9-15(20(23(28)29)24(18)22(19)27)11-3-5-13-16(7-11)17-8-12(31(2)30)4-6-14(17)21(13)26/h3-8,10,18-19,25H,9H2,1-2H3,(H,28,29)/t10-,18-,19-,31?/m1/s1. The zero-order chi connectivity index (χ0) is 22.2. The zero-order valence-electron chi connectivity index (χ0n) is 16.8. The molecule has 3 aliphatic rings. The van der Waals surface area contributed by atoms with E-state index >= 15 is 0 Å². The average Bonchev–Trinajstić information content (AvgIpc) is 3.20. The Kier molecular flexibility index (Phi) is 4.29. The normalized spacial score (nSPS) is 23.3. The number of aliphatic hydroxyl groups is 1. The number of nitrogens with zero attached hydrogens (tertiary/aromatic N) is 1. The number of carboxylic acids is 1. The molecule has 1 unspecified atom stereocenters. The smallest absolute Gasteiger partial charge is 0.352 e. The number of hydrogen-bond donors (Lipinski definition) is 2. The lowest BCUT2D eigenvalue weighted by Crippen LogP contribution is -2.61. The summed E-state index contributed by atoms with van der Waals surface area (Å²) in [6, 6.07) is 9.84. The van der Waals surface area contributed by atoms with Gasteiger partial charge in [-0.05, 0) is 65.9 Å². The van der Waals surface area contributed by atoms with E-state index in [4.69, 9.17) is 0 Å². The average molecular weight is 437 g/mol. The molecule has 2 N–H and O–H groups in total. The van der Waals surface area contributed by atoms with Crippen molar-refractivity contribution in [1.82, 2.24) is 4.90 Å². The number of amides is 1. The first-order valence-corrected chi connectivity index (χ1v) is 11.4. The van der Waals surface area contributed by atoms with Gasteiger partial charge in [0, 0.05) is 33.1 Å². The third kappa shape index (κ3) is 2.68. The van der Waals surface area contributed by atoms with Crippen LogP contribution < -0.4 is 0 Å². The van der Waals surface area contributed by atoms with Crippen molar-refractivity contribution in [3.05, 3.63) is 58.8 Å². The largest absolute Gasteiger partial charge is 0.477 e. The molecular formula is C23H19NO6S. The van der Waals surface area contributed by atoms with E-state index in [0.29, 0.717) is 44.7 Å². The second kappa shape index (κ2) is 6.70. The van der Waals surface area contributed by atoms with Crippen molar-refractivity contribution in [2.75, 3.05) is 6.26 Å². The van der Waals surface area contributed by atoms with Crippen LogP contribution in [0.25, 0.3) is 16.7 Å². The fourth-order valence-electron chi connectivity index (χ4n) is 4.95. The van der Waals surface area contributed by atoms with Crippen molar-refractivity contribution < 1.29 is 28.8 Å². The van der Waals surface area contributed by atoms with Gasteiger partial charge in [0.15, 0.2) is 5.78 Å². The van der Waals surface area contributed by atoms with Crippen LogP contribution in [0.4, 0.5) is 0 Å². The predicted molar refractivity (Wildman–Crippen MR) is 113 cm³/mol. The molecule has 2 aromatic carbocycles. The fraction of sp³-hybridized carbons (Fsp3) is 0.261. The number of β-lactam (4-membered cyclic amide) rings is 1. The van der Waals surface area contributed by atoms with Gasteiger partial charge >= 0.3 is 5.97 Å². The maximum atomic E-state index is 12.8. The third-order valence-corrected chi connectivity index (χ3v) is 7.32. The highest BCUT2D eigenvalue weighted by atomic mass is 32.2. The molecule has 8 heteroatoms. The molecule has 0 radical (unpaired) electrons. The van der Waals surface area contributed by atoms with Crippen LogP contribution in [0.3, 0.4) is 0 Å². The summed E-state index contributed by atoms with van der Waals surface area (Å²) in [6.45, 7) is 1.53. The van der Waals surface area contributed by atoms with E-state index in [1.54, 1.807) is 42.7 Å². The van der Waals surface area contributed by atoms with E-state index in [1.165, 1.54) is 11.8 Å². The van der Waals surface area contributed by atoms with Gasteiger partial charge in [-0.15, -0.1) is 0 Å². The number of fused-ring (bicyclic) bond motifs is 4. The number of carbonyl (C=O) groups is 3. The molecule has 0 aromatic heterocycles. The van der Waals surface area contributed by atoms with Crippen molar-refractivity contribution in [2.24, 2.45) is 5.92 Å². The SMILES string of the molecule is C[C@@H](O)[C@H]1C(=O)N2C(C(=O)O)=C(c3ccc4c(c3)-c3cc(S(C)=O)ccc3C4=O)C[C@H]12. The molecule has 1 saturated heterocycles. The van der Waals surface area contributed by atoms with Crippen LogP contribution >= 0.6 is 0 Å². The number of ketones is 1. The number of carbonyl (C=O) groups excluding carboxylic acids is 2. The molecule has 0 saturated carbocycles. The lowest BCUT2D eigenvalue weighted by Gasteiger charge is -2.44. The Labute approximate surface area is 180 Å². The van der Waals surface area contributed by atoms with E-state index in [1.807, 2.05) is 0 Å². The van der Waals surface area contributed by atoms with Gasteiger partial charge in [-0.2, -0.15) is 0 Å². The Hall–Kier alpha value is -3.10. The Morgan fingerprint density at radius 1 is 1.10 bits per heavy atom. The second-order valence-electron chi connectivity index (χ2n) is 8.13. The van der Waals surface area contributed by atoms with Gasteiger partial charge in [0.2, 0.25) is 5.91 Å². The van der Waals surface area contributed by atoms with Gasteiger partial charge in [0.05, 0.1) is 18.1 Å². The van der Waals surface area contributed by atoms with Crippen LogP contribution in [0, 0.1) is 5.92 Å². The number of aliphatic carboxylic acids is 1. The molecule has 1 aliphatic carbocycles. The van der Waals surface area contributed by atoms with Gasteiger partial charge in [0.25, 0.3) is 0 Å². The predicted octanol–water partition coefficient (Wildman–Crippen LogP) is 2.04. The summed E-state index contributed by atoms with van der Waals surface area (Å²) in [7, 11) is -1.21. The van der Waals surface area contributed by atoms with Gasteiger partial charge in [-0.1, -0.05) is 6.07 Å². The van der Waals surface area contributed by atoms with Crippen molar-refractivity contribution in [1.29, 1.82) is 0 Å². The van der Waals surface area contributed by atoms with Crippen LogP contribution in [0.15, 0.2) is 47.0 Å². The molecule has 5 rings (SSSR count). The summed E-state index contributed by atoms with van der Waals surface area (Å²) in [6.07, 6.45) is 1.03. The molecule has 7 nitrogen and oxygen atoms in total. The molecule has 1 fully saturated rings. The topological polar surface area (TPSA) is 112 Å². The lowest BCUT2D eigenvalue weighted by atomic mass is 9.82. The summed E-state index contributed by atoms with van der Waals surface area (Å²) >= 11 is 0. The summed E-state index contributed by atoms with van der Waals surface area (Å²) in [4.78, 5) is 39.1. The van der Waals surface area contributed by atoms with Crippen molar-refractivity contribution >= 4 is 34.0 Å². The number of benzene rings is 2. The van der Waals surface area contributed by atoms with Crippen LogP contribution in [-0.2, 0) is 20.4 Å². The highest BCUT2D eigenvalue weighted by Gasteiger charge is 2.56. The van der Waals surface area contributed by atoms with Crippen molar-refractivity contribution in [2.45, 2.75) is 30.4 Å². The van der Waals surface area contributed by atoms with Crippen LogP contribution in [0.2, 0.25) is 0 Å². The Bertz CT molecular complexity index is 1260. The summed E-state index contributed by atoms with van der Waals surface area (Å²) < 4.78 is 11.9. The third-order valence-electron chi connectivity index (χ3n) is 6.40. The molecular weight excluding hydrogens is 418 g/mol. The lowest BCUT2D eigenvalue weighted by molar-refractivity contribution is -0.161. The van der Waals surface area contributed by atoms with E-state index in [0.717, 1.165) is 0 Å². The van der Waals surface area contributed by atoms with Crippen molar-refractivity contribution in [3.8, 4) is 11.1 Å². The Balaban J connectivity index is 1.63. The quantitative estimate of drug-likeness (QED) is 0.604. The summed E-state index contributed by atoms with van der Waals surface area (Å²) in [5.41, 5.74) is 3.42. The van der Waals surface area contributed by atoms with Gasteiger partial charge in [-0.3, -0.25) is 13.8 Å². The minimum Gasteiger partial charge on any atom is -0.477 e. The minimum absolute atomic E-state index is 0.0696. The zero-order valence-corrected chi connectivity index (χ0v) is 17.6. The summed E-state index contributed by atoms with van der Waals surface area (Å²) in [5, 5.41) is 19.7. The van der Waals surface area contributed by atoms with E-state index < -0.39 is 28.8 Å². The Morgan fingerprint density at radius 3 is 2.35 bits per heavy atom. The van der Waals surface area contributed by atoms with Gasteiger partial charge in [-0.25, -0.2) is 4.79 Å². The first-order chi connectivity index (χ1) is 14.7. The van der Waals surface area contributed by atoms with Crippen LogP contribution in [0.5, 0.6) is 0 Å². The maximum Gasteiger partial charge on any atom is 0.352 e. The monoisotopic (exact) mass is 437 g/mol. The first kappa shape index (κ1) is 19.8. The molecule has 4 atom stereocenters. The number of rotatable bonds is 4. The highest BCUT2D eigenvalue weighted by Crippen LogP contribution is 2.48.